The average molecular weight is 537 g/mol. The van der Waals surface area contributed by atoms with Crippen LogP contribution in [0.5, 0.6) is 0 Å². The summed E-state index contributed by atoms with van der Waals surface area (Å²) in [6.07, 6.45) is 39.9. The lowest BCUT2D eigenvalue weighted by Gasteiger charge is -2.46. The van der Waals surface area contributed by atoms with Crippen molar-refractivity contribution in [2.75, 3.05) is 11.8 Å². The summed E-state index contributed by atoms with van der Waals surface area (Å²) in [5.74, 6) is 3.62. The summed E-state index contributed by atoms with van der Waals surface area (Å²) in [5.41, 5.74) is 5.93. The molecular weight excluding hydrogens is 477 g/mol. The van der Waals surface area contributed by atoms with Gasteiger partial charge in [-0.15, -0.1) is 0 Å². The van der Waals surface area contributed by atoms with E-state index in [2.05, 4.69) is 0 Å². The van der Waals surface area contributed by atoms with Gasteiger partial charge in [0.05, 0.1) is 0 Å². The molecule has 0 aromatic carbocycles. The van der Waals surface area contributed by atoms with Gasteiger partial charge in [-0.1, -0.05) is 120 Å². The third-order valence-electron chi connectivity index (χ3n) is 11.0. The lowest BCUT2D eigenvalue weighted by molar-refractivity contribution is 0.484. The molecule has 5 aliphatic rings. The van der Waals surface area contributed by atoms with E-state index in [1.54, 1.807) is 161 Å². The van der Waals surface area contributed by atoms with Crippen LogP contribution in [0.3, 0.4) is 0 Å². The van der Waals surface area contributed by atoms with E-state index in [0.29, 0.717) is 23.8 Å². The van der Waals surface area contributed by atoms with Crippen molar-refractivity contribution in [1.29, 1.82) is 0 Å². The molecule has 202 valence electrons. The van der Waals surface area contributed by atoms with Crippen molar-refractivity contribution < 1.29 is 0 Å². The number of hydrogen-bond donors (Lipinski definition) is 0. The molecule has 0 atom stereocenters. The Hall–Kier alpha value is 1.29. The van der Waals surface area contributed by atoms with Crippen molar-refractivity contribution in [3.05, 3.63) is 0 Å². The van der Waals surface area contributed by atoms with Crippen molar-refractivity contribution in [3.63, 3.8) is 0 Å². The van der Waals surface area contributed by atoms with E-state index in [-0.39, 0.29) is 0 Å². The van der Waals surface area contributed by atoms with Gasteiger partial charge < -0.3 is 0 Å². The molecule has 5 fully saturated rings. The second-order valence-corrected chi connectivity index (χ2v) is 22.5. The van der Waals surface area contributed by atoms with Gasteiger partial charge in [0, 0.05) is 0 Å². The summed E-state index contributed by atoms with van der Waals surface area (Å²) in [6.45, 7) is 0. The first-order chi connectivity index (χ1) is 17.4. The van der Waals surface area contributed by atoms with E-state index < -0.39 is 0 Å². The third kappa shape index (κ3) is 8.15. The molecule has 0 saturated heterocycles. The van der Waals surface area contributed by atoms with Gasteiger partial charge in [-0.05, 0) is 104 Å². The minimum absolute atomic E-state index is 0.301. The smallest absolute Gasteiger partial charge is 0.0110 e. The van der Waals surface area contributed by atoms with Crippen LogP contribution in [-0.2, 0) is 0 Å². The monoisotopic (exact) mass is 536 g/mol. The first-order valence-corrected chi connectivity index (χ1v) is 21.8. The van der Waals surface area contributed by atoms with Crippen LogP contribution in [0, 0.1) is 0 Å². The molecule has 0 heterocycles. The second kappa shape index (κ2) is 15.2. The van der Waals surface area contributed by atoms with Crippen LogP contribution in [-0.4, -0.2) is 40.1 Å². The fourth-order valence-corrected chi connectivity index (χ4v) is 25.3. The third-order valence-corrected chi connectivity index (χ3v) is 23.8. The van der Waals surface area contributed by atoms with Crippen molar-refractivity contribution >= 4 is 23.8 Å². The highest BCUT2D eigenvalue weighted by atomic mass is 31.2. The normalized spacial score (nSPS) is 27.9. The Balaban J connectivity index is 1.36. The van der Waals surface area contributed by atoms with Gasteiger partial charge in [-0.2, -0.15) is 0 Å². The van der Waals surface area contributed by atoms with Gasteiger partial charge in [0.25, 0.3) is 0 Å². The highest BCUT2D eigenvalue weighted by Crippen LogP contribution is 2.70. The van der Waals surface area contributed by atoms with E-state index in [0.717, 1.165) is 0 Å². The van der Waals surface area contributed by atoms with Gasteiger partial charge in [-0.25, -0.2) is 0 Å². The van der Waals surface area contributed by atoms with Crippen molar-refractivity contribution in [3.8, 4) is 0 Å². The maximum Gasteiger partial charge on any atom is -0.0110 e. The Bertz CT molecular complexity index is 485. The highest BCUT2D eigenvalue weighted by Gasteiger charge is 2.38. The van der Waals surface area contributed by atoms with Crippen LogP contribution in [0.1, 0.15) is 161 Å². The Kier molecular flexibility index (Phi) is 12.1. The van der Waals surface area contributed by atoms with E-state index in [9.17, 15) is 0 Å². The number of rotatable bonds is 9. The van der Waals surface area contributed by atoms with Crippen LogP contribution >= 0.6 is 23.8 Å². The summed E-state index contributed by atoms with van der Waals surface area (Å²) in [7, 11) is 0.926. The summed E-state index contributed by atoms with van der Waals surface area (Å²) in [5, 5.41) is 0. The zero-order valence-corrected chi connectivity index (χ0v) is 26.0. The minimum atomic E-state index is 0.301. The molecule has 5 aliphatic carbocycles. The van der Waals surface area contributed by atoms with E-state index in [4.69, 9.17) is 0 Å². The van der Waals surface area contributed by atoms with Crippen LogP contribution in [0.2, 0.25) is 0 Å². The van der Waals surface area contributed by atoms with Crippen molar-refractivity contribution in [1.82, 2.24) is 0 Å². The molecule has 0 radical (unpaired) electrons. The molecule has 3 heteroatoms. The Morgan fingerprint density at radius 3 is 0.771 bits per heavy atom. The molecule has 0 aromatic rings. The molecule has 35 heavy (non-hydrogen) atoms. The van der Waals surface area contributed by atoms with Crippen LogP contribution in [0.15, 0.2) is 0 Å². The van der Waals surface area contributed by atoms with Crippen LogP contribution < -0.4 is 0 Å². The maximum absolute atomic E-state index is 1.81. The van der Waals surface area contributed by atoms with E-state index >= 15 is 0 Å². The highest BCUT2D eigenvalue weighted by molar-refractivity contribution is 7.82. The van der Waals surface area contributed by atoms with E-state index in [1.165, 1.54) is 28.3 Å². The fourth-order valence-electron chi connectivity index (χ4n) is 8.85. The average Bonchev–Trinajstić information content (AvgIpc) is 2.95. The first kappa shape index (κ1) is 27.8. The van der Waals surface area contributed by atoms with Gasteiger partial charge in [-0.3, -0.25) is 0 Å². The molecule has 0 amide bonds. The van der Waals surface area contributed by atoms with Crippen LogP contribution in [0.4, 0.5) is 0 Å². The Labute approximate surface area is 224 Å². The molecule has 0 spiro atoms. The predicted molar refractivity (Wildman–Crippen MR) is 165 cm³/mol. The lowest BCUT2D eigenvalue weighted by Crippen LogP contribution is -2.26. The topological polar surface area (TPSA) is 0 Å². The molecule has 0 bridgehead atoms. The molecule has 0 N–H and O–H groups in total. The largest absolute Gasteiger partial charge is 0.0959 e. The first-order valence-electron chi connectivity index (χ1n) is 16.6. The van der Waals surface area contributed by atoms with Gasteiger partial charge in [0.1, 0.15) is 0 Å². The molecule has 0 nitrogen and oxygen atoms in total. The molecule has 0 aromatic heterocycles. The fraction of sp³-hybridized carbons (Fsp3) is 1.00. The molecule has 5 saturated carbocycles. The molecular formula is C32H59P3. The number of hydrogen-bond acceptors (Lipinski definition) is 0. The Morgan fingerprint density at radius 1 is 0.286 bits per heavy atom. The summed E-state index contributed by atoms with van der Waals surface area (Å²) < 4.78 is 0. The predicted octanol–water partition coefficient (Wildman–Crippen LogP) is 12.0. The lowest BCUT2D eigenvalue weighted by atomic mass is 9.99. The van der Waals surface area contributed by atoms with Gasteiger partial charge >= 0.3 is 0 Å². The minimum Gasteiger partial charge on any atom is -0.0959 e. The summed E-state index contributed by atoms with van der Waals surface area (Å²) in [4.78, 5) is 0. The quantitative estimate of drug-likeness (QED) is 0.257. The summed E-state index contributed by atoms with van der Waals surface area (Å²) in [6, 6.07) is 0. The zero-order chi connectivity index (χ0) is 23.7. The standard InChI is InChI=1S/C32H59P3/c1-6-16-28(17-7-1)33(26-34(29-18-8-2-9-19-29)30-20-10-3-11-21-30)27-35(31-22-12-4-13-23-31)32-24-14-5-15-25-32/h28-32H,1-27H2. The second-order valence-electron chi connectivity index (χ2n) is 13.4. The van der Waals surface area contributed by atoms with Crippen molar-refractivity contribution in [2.45, 2.75) is 189 Å². The van der Waals surface area contributed by atoms with Gasteiger partial charge in [0.2, 0.25) is 0 Å². The zero-order valence-electron chi connectivity index (χ0n) is 23.3. The van der Waals surface area contributed by atoms with Crippen LogP contribution in [0.25, 0.3) is 0 Å². The molecule has 0 aliphatic heterocycles. The van der Waals surface area contributed by atoms with Gasteiger partial charge in [0.15, 0.2) is 0 Å². The van der Waals surface area contributed by atoms with Crippen molar-refractivity contribution in [2.24, 2.45) is 0 Å². The van der Waals surface area contributed by atoms with E-state index in [1.807, 2.05) is 11.8 Å². The summed E-state index contributed by atoms with van der Waals surface area (Å²) >= 11 is 0. The maximum atomic E-state index is 1.81. The SMILES string of the molecule is C1CCC(P(CP(C2CCCCC2)C2CCCCC2)CP(C2CCCCC2)C2CCCCC2)CC1. The molecule has 5 rings (SSSR count). The molecule has 0 unspecified atom stereocenters. The Morgan fingerprint density at radius 2 is 0.514 bits per heavy atom.